The van der Waals surface area contributed by atoms with Crippen LogP contribution in [0, 0.1) is 12.7 Å². The van der Waals surface area contributed by atoms with Crippen molar-refractivity contribution < 1.29 is 9.18 Å². The minimum absolute atomic E-state index is 0.0481. The van der Waals surface area contributed by atoms with E-state index in [0.717, 1.165) is 12.2 Å². The fourth-order valence-electron chi connectivity index (χ4n) is 3.42. The van der Waals surface area contributed by atoms with Crippen LogP contribution in [0.2, 0.25) is 0 Å². The number of hydrogen-bond donors (Lipinski definition) is 0. The van der Waals surface area contributed by atoms with Gasteiger partial charge >= 0.3 is 0 Å². The van der Waals surface area contributed by atoms with E-state index in [-0.39, 0.29) is 17.6 Å². The molecule has 0 spiro atoms. The van der Waals surface area contributed by atoms with Crippen molar-refractivity contribution in [3.63, 3.8) is 0 Å². The smallest absolute Gasteiger partial charge is 0.254 e. The third-order valence-electron chi connectivity index (χ3n) is 4.81. The van der Waals surface area contributed by atoms with E-state index < -0.39 is 5.82 Å². The van der Waals surface area contributed by atoms with Crippen molar-refractivity contribution in [2.45, 2.75) is 26.4 Å². The highest BCUT2D eigenvalue weighted by Crippen LogP contribution is 2.29. The van der Waals surface area contributed by atoms with Crippen LogP contribution in [-0.4, -0.2) is 36.7 Å². The van der Waals surface area contributed by atoms with Crippen LogP contribution in [-0.2, 0) is 6.54 Å². The first-order valence-electron chi connectivity index (χ1n) is 8.18. The Morgan fingerprint density at radius 3 is 2.80 bits per heavy atom. The van der Waals surface area contributed by atoms with Gasteiger partial charge in [-0.25, -0.2) is 14.1 Å². The summed E-state index contributed by atoms with van der Waals surface area (Å²) in [6, 6.07) is 8.52. The van der Waals surface area contributed by atoms with Crippen LogP contribution in [0.15, 0.2) is 43.0 Å². The molecule has 128 valence electrons. The normalized spacial score (nSPS) is 16.8. The molecule has 0 N–H and O–H groups in total. The molecular formula is C18H18FN5O. The van der Waals surface area contributed by atoms with Gasteiger partial charge in [0.25, 0.3) is 5.91 Å². The summed E-state index contributed by atoms with van der Waals surface area (Å²) < 4.78 is 18.0. The van der Waals surface area contributed by atoms with E-state index in [2.05, 4.69) is 27.6 Å². The molecule has 1 atom stereocenters. The van der Waals surface area contributed by atoms with Crippen LogP contribution < -0.4 is 0 Å². The van der Waals surface area contributed by atoms with Crippen LogP contribution in [0.5, 0.6) is 0 Å². The number of aromatic nitrogens is 4. The number of amides is 1. The summed E-state index contributed by atoms with van der Waals surface area (Å²) in [7, 11) is 0. The second kappa shape index (κ2) is 5.84. The number of rotatable bonds is 2. The molecular weight excluding hydrogens is 321 g/mol. The highest BCUT2D eigenvalue weighted by Gasteiger charge is 2.29. The van der Waals surface area contributed by atoms with Gasteiger partial charge in [-0.2, -0.15) is 5.10 Å². The monoisotopic (exact) mass is 339 g/mol. The number of aryl methyl sites for hydroxylation is 1. The Kier molecular flexibility index (Phi) is 3.63. The molecule has 1 aliphatic rings. The van der Waals surface area contributed by atoms with Gasteiger partial charge in [-0.1, -0.05) is 0 Å². The van der Waals surface area contributed by atoms with E-state index in [4.69, 9.17) is 0 Å². The summed E-state index contributed by atoms with van der Waals surface area (Å²) in [6.45, 7) is 5.42. The summed E-state index contributed by atoms with van der Waals surface area (Å²) in [5.74, 6) is -0.665. The largest absolute Gasteiger partial charge is 0.345 e. The Bertz CT molecular complexity index is 931. The van der Waals surface area contributed by atoms with Crippen LogP contribution in [0.3, 0.4) is 0 Å². The lowest BCUT2D eigenvalue weighted by Crippen LogP contribution is -2.41. The highest BCUT2D eigenvalue weighted by atomic mass is 19.1. The molecule has 6 nitrogen and oxygen atoms in total. The van der Waals surface area contributed by atoms with E-state index in [1.54, 1.807) is 17.0 Å². The first-order valence-corrected chi connectivity index (χ1v) is 8.18. The molecule has 4 rings (SSSR count). The Hall–Kier alpha value is -2.96. The lowest BCUT2D eigenvalue weighted by molar-refractivity contribution is 0.0642. The first-order chi connectivity index (χ1) is 12.1. The molecule has 2 aromatic heterocycles. The van der Waals surface area contributed by atoms with Crippen molar-refractivity contribution in [1.82, 2.24) is 24.2 Å². The van der Waals surface area contributed by atoms with Crippen LogP contribution >= 0.6 is 0 Å². The maximum absolute atomic E-state index is 14.4. The summed E-state index contributed by atoms with van der Waals surface area (Å²) in [6.07, 6.45) is 2.76. The maximum Gasteiger partial charge on any atom is 0.254 e. The molecule has 3 aromatic rings. The Labute approximate surface area is 144 Å². The Morgan fingerprint density at radius 2 is 2.08 bits per heavy atom. The topological polar surface area (TPSA) is 56.0 Å². The van der Waals surface area contributed by atoms with Gasteiger partial charge in [0.05, 0.1) is 6.04 Å². The van der Waals surface area contributed by atoms with E-state index >= 15 is 0 Å². The Morgan fingerprint density at radius 1 is 1.24 bits per heavy atom. The third-order valence-corrected chi connectivity index (χ3v) is 4.81. The molecule has 0 aliphatic carbocycles. The molecule has 7 heteroatoms. The lowest BCUT2D eigenvalue weighted by atomic mass is 10.1. The SMILES string of the molecule is Cc1ccc2n1CCN(C(=O)c1ccc(-n3cncn3)c(F)c1)C2C. The van der Waals surface area contributed by atoms with Gasteiger partial charge < -0.3 is 9.47 Å². The number of carbonyl (C=O) groups excluding carboxylic acids is 1. The average molecular weight is 339 g/mol. The predicted molar refractivity (Wildman–Crippen MR) is 89.9 cm³/mol. The van der Waals surface area contributed by atoms with Crippen molar-refractivity contribution in [1.29, 1.82) is 0 Å². The fraction of sp³-hybridized carbons (Fsp3) is 0.278. The van der Waals surface area contributed by atoms with E-state index in [9.17, 15) is 9.18 Å². The van der Waals surface area contributed by atoms with Gasteiger partial charge in [0, 0.05) is 30.0 Å². The molecule has 0 saturated heterocycles. The van der Waals surface area contributed by atoms with Gasteiger partial charge in [0.1, 0.15) is 24.2 Å². The van der Waals surface area contributed by atoms with Gasteiger partial charge in [-0.15, -0.1) is 0 Å². The van der Waals surface area contributed by atoms with Gasteiger partial charge in [0.15, 0.2) is 0 Å². The average Bonchev–Trinajstić information content (AvgIpc) is 3.25. The van der Waals surface area contributed by atoms with Crippen molar-refractivity contribution in [2.75, 3.05) is 6.54 Å². The van der Waals surface area contributed by atoms with Gasteiger partial charge in [-0.3, -0.25) is 4.79 Å². The molecule has 0 bridgehead atoms. The number of fused-ring (bicyclic) bond motifs is 1. The molecule has 25 heavy (non-hydrogen) atoms. The second-order valence-corrected chi connectivity index (χ2v) is 6.23. The molecule has 0 radical (unpaired) electrons. The molecule has 3 heterocycles. The van der Waals surface area contributed by atoms with Crippen molar-refractivity contribution in [3.8, 4) is 5.69 Å². The van der Waals surface area contributed by atoms with Crippen molar-refractivity contribution >= 4 is 5.91 Å². The van der Waals surface area contributed by atoms with E-state index in [1.165, 1.54) is 29.1 Å². The van der Waals surface area contributed by atoms with Crippen molar-refractivity contribution in [3.05, 3.63) is 65.8 Å². The molecule has 1 amide bonds. The second-order valence-electron chi connectivity index (χ2n) is 6.23. The number of halogens is 1. The number of hydrogen-bond acceptors (Lipinski definition) is 3. The zero-order valence-corrected chi connectivity index (χ0v) is 14.1. The number of benzene rings is 1. The standard InChI is InChI=1S/C18H18FN5O/c1-12-3-5-16-13(2)23(8-7-22(12)16)18(25)14-4-6-17(15(19)9-14)24-11-20-10-21-24/h3-6,9-11,13H,7-8H2,1-2H3. The predicted octanol–water partition coefficient (Wildman–Crippen LogP) is 2.73. The third kappa shape index (κ3) is 2.52. The van der Waals surface area contributed by atoms with Gasteiger partial charge in [0.2, 0.25) is 0 Å². The molecule has 0 saturated carbocycles. The van der Waals surface area contributed by atoms with Crippen LogP contribution in [0.4, 0.5) is 4.39 Å². The summed E-state index contributed by atoms with van der Waals surface area (Å²) in [5.41, 5.74) is 2.91. The quantitative estimate of drug-likeness (QED) is 0.721. The maximum atomic E-state index is 14.4. The fourth-order valence-corrected chi connectivity index (χ4v) is 3.42. The molecule has 1 aliphatic heterocycles. The minimum atomic E-state index is -0.500. The van der Waals surface area contributed by atoms with E-state index in [0.29, 0.717) is 12.1 Å². The molecule has 1 unspecified atom stereocenters. The highest BCUT2D eigenvalue weighted by molar-refractivity contribution is 5.94. The molecule has 1 aromatic carbocycles. The summed E-state index contributed by atoms with van der Waals surface area (Å²) in [5, 5.41) is 3.92. The summed E-state index contributed by atoms with van der Waals surface area (Å²) >= 11 is 0. The zero-order chi connectivity index (χ0) is 17.6. The van der Waals surface area contributed by atoms with Crippen LogP contribution in [0.25, 0.3) is 5.69 Å². The Balaban J connectivity index is 1.62. The van der Waals surface area contributed by atoms with E-state index in [1.807, 2.05) is 13.0 Å². The summed E-state index contributed by atoms with van der Waals surface area (Å²) in [4.78, 5) is 18.5. The van der Waals surface area contributed by atoms with Gasteiger partial charge in [-0.05, 0) is 44.2 Å². The van der Waals surface area contributed by atoms with Crippen LogP contribution in [0.1, 0.15) is 34.7 Å². The zero-order valence-electron chi connectivity index (χ0n) is 14.1. The van der Waals surface area contributed by atoms with Crippen molar-refractivity contribution in [2.24, 2.45) is 0 Å². The number of nitrogens with zero attached hydrogens (tertiary/aromatic N) is 5. The molecule has 0 fully saturated rings. The lowest BCUT2D eigenvalue weighted by Gasteiger charge is -2.35. The first kappa shape index (κ1) is 15.6. The number of carbonyl (C=O) groups is 1. The minimum Gasteiger partial charge on any atom is -0.345 e.